The Morgan fingerprint density at radius 2 is 2.44 bits per heavy atom. The van der Waals surface area contributed by atoms with Crippen molar-refractivity contribution in [1.29, 1.82) is 0 Å². The van der Waals surface area contributed by atoms with Crippen LogP contribution in [-0.2, 0) is 4.74 Å². The summed E-state index contributed by atoms with van der Waals surface area (Å²) in [5, 5.41) is 0. The van der Waals surface area contributed by atoms with Gasteiger partial charge in [0, 0.05) is 6.42 Å². The lowest BCUT2D eigenvalue weighted by Crippen LogP contribution is -2.18. The number of nitrogen functional groups attached to an aromatic ring is 1. The van der Waals surface area contributed by atoms with E-state index < -0.39 is 0 Å². The molecule has 0 radical (unpaired) electrons. The topological polar surface area (TPSA) is 91.5 Å². The summed E-state index contributed by atoms with van der Waals surface area (Å²) in [7, 11) is 1.51. The van der Waals surface area contributed by atoms with E-state index in [9.17, 15) is 0 Å². The molecule has 1 aromatic rings. The zero-order chi connectivity index (χ0) is 11.4. The molecule has 0 amide bonds. The number of aromatic nitrogens is 2. The van der Waals surface area contributed by atoms with Gasteiger partial charge in [0.25, 0.3) is 5.88 Å². The predicted octanol–water partition coefficient (Wildman–Crippen LogP) is -0.0615. The molecule has 0 saturated carbocycles. The minimum Gasteiger partial charge on any atom is -0.489 e. The van der Waals surface area contributed by atoms with Crippen molar-refractivity contribution in [3.8, 4) is 11.6 Å². The van der Waals surface area contributed by atoms with Gasteiger partial charge in [-0.2, -0.15) is 4.98 Å². The molecule has 1 aliphatic rings. The van der Waals surface area contributed by atoms with Crippen molar-refractivity contribution in [3.05, 3.63) is 6.33 Å². The molecule has 1 aromatic heterocycles. The quantitative estimate of drug-likeness (QED) is 0.548. The SMILES string of the molecule is COc1c(NN)ncnc1OC1CCOC1. The first-order valence-corrected chi connectivity index (χ1v) is 4.95. The molecule has 0 spiro atoms. The zero-order valence-electron chi connectivity index (χ0n) is 8.97. The van der Waals surface area contributed by atoms with E-state index in [0.717, 1.165) is 6.42 Å². The van der Waals surface area contributed by atoms with Crippen LogP contribution in [0.5, 0.6) is 11.6 Å². The summed E-state index contributed by atoms with van der Waals surface area (Å²) < 4.78 is 16.0. The lowest BCUT2D eigenvalue weighted by molar-refractivity contribution is 0.135. The van der Waals surface area contributed by atoms with Crippen molar-refractivity contribution in [1.82, 2.24) is 9.97 Å². The second-order valence-electron chi connectivity index (χ2n) is 3.31. The Labute approximate surface area is 92.9 Å². The molecule has 0 aromatic carbocycles. The first kappa shape index (κ1) is 10.9. The summed E-state index contributed by atoms with van der Waals surface area (Å²) in [6.45, 7) is 1.28. The molecule has 16 heavy (non-hydrogen) atoms. The first-order valence-electron chi connectivity index (χ1n) is 4.95. The van der Waals surface area contributed by atoms with Gasteiger partial charge >= 0.3 is 0 Å². The fourth-order valence-electron chi connectivity index (χ4n) is 1.49. The average Bonchev–Trinajstić information content (AvgIpc) is 2.81. The van der Waals surface area contributed by atoms with E-state index in [4.69, 9.17) is 20.1 Å². The number of hydrazine groups is 1. The van der Waals surface area contributed by atoms with Crippen molar-refractivity contribution in [2.45, 2.75) is 12.5 Å². The molecule has 1 unspecified atom stereocenters. The smallest absolute Gasteiger partial charge is 0.262 e. The van der Waals surface area contributed by atoms with Crippen LogP contribution < -0.4 is 20.7 Å². The normalized spacial score (nSPS) is 19.5. The van der Waals surface area contributed by atoms with E-state index in [-0.39, 0.29) is 6.10 Å². The van der Waals surface area contributed by atoms with Crippen LogP contribution in [0.15, 0.2) is 6.33 Å². The van der Waals surface area contributed by atoms with Crippen molar-refractivity contribution >= 4 is 5.82 Å². The molecule has 1 fully saturated rings. The largest absolute Gasteiger partial charge is 0.489 e. The van der Waals surface area contributed by atoms with E-state index >= 15 is 0 Å². The number of nitrogens with zero attached hydrogens (tertiary/aromatic N) is 2. The molecule has 3 N–H and O–H groups in total. The maximum Gasteiger partial charge on any atom is 0.262 e. The fourth-order valence-corrected chi connectivity index (χ4v) is 1.49. The Balaban J connectivity index is 2.18. The lowest BCUT2D eigenvalue weighted by Gasteiger charge is -2.14. The van der Waals surface area contributed by atoms with E-state index in [1.165, 1.54) is 13.4 Å². The maximum atomic E-state index is 5.64. The number of rotatable bonds is 4. The van der Waals surface area contributed by atoms with Gasteiger partial charge in [-0.3, -0.25) is 0 Å². The number of hydrogen-bond donors (Lipinski definition) is 2. The second-order valence-corrected chi connectivity index (χ2v) is 3.31. The third kappa shape index (κ3) is 2.15. The van der Waals surface area contributed by atoms with Gasteiger partial charge in [-0.05, 0) is 0 Å². The van der Waals surface area contributed by atoms with Gasteiger partial charge in [0.15, 0.2) is 5.82 Å². The highest BCUT2D eigenvalue weighted by Gasteiger charge is 2.21. The summed E-state index contributed by atoms with van der Waals surface area (Å²) in [5.74, 6) is 6.47. The van der Waals surface area contributed by atoms with Crippen molar-refractivity contribution in [3.63, 3.8) is 0 Å². The summed E-state index contributed by atoms with van der Waals surface area (Å²) in [4.78, 5) is 7.93. The van der Waals surface area contributed by atoms with Crippen LogP contribution >= 0.6 is 0 Å². The number of anilines is 1. The molecule has 88 valence electrons. The van der Waals surface area contributed by atoms with Gasteiger partial charge in [-0.1, -0.05) is 0 Å². The Morgan fingerprint density at radius 1 is 1.56 bits per heavy atom. The zero-order valence-corrected chi connectivity index (χ0v) is 8.97. The lowest BCUT2D eigenvalue weighted by atomic mass is 10.3. The molecular weight excluding hydrogens is 212 g/mol. The van der Waals surface area contributed by atoms with Crippen LogP contribution in [0.1, 0.15) is 6.42 Å². The van der Waals surface area contributed by atoms with Gasteiger partial charge in [0.2, 0.25) is 5.75 Å². The number of nitrogens with one attached hydrogen (secondary N) is 1. The number of ether oxygens (including phenoxy) is 3. The second kappa shape index (κ2) is 4.95. The molecular formula is C9H14N4O3. The average molecular weight is 226 g/mol. The number of nitrogens with two attached hydrogens (primary N) is 1. The van der Waals surface area contributed by atoms with Gasteiger partial charge in [-0.25, -0.2) is 10.8 Å². The van der Waals surface area contributed by atoms with Crippen molar-refractivity contribution < 1.29 is 14.2 Å². The van der Waals surface area contributed by atoms with Gasteiger partial charge in [-0.15, -0.1) is 0 Å². The van der Waals surface area contributed by atoms with Crippen LogP contribution in [0.2, 0.25) is 0 Å². The van der Waals surface area contributed by atoms with Gasteiger partial charge in [0.05, 0.1) is 20.3 Å². The van der Waals surface area contributed by atoms with Crippen LogP contribution in [0.25, 0.3) is 0 Å². The highest BCUT2D eigenvalue weighted by atomic mass is 16.6. The molecule has 7 nitrogen and oxygen atoms in total. The van der Waals surface area contributed by atoms with E-state index in [1.54, 1.807) is 0 Å². The van der Waals surface area contributed by atoms with Crippen LogP contribution in [0.3, 0.4) is 0 Å². The third-order valence-electron chi connectivity index (χ3n) is 2.28. The number of methoxy groups -OCH3 is 1. The highest BCUT2D eigenvalue weighted by Crippen LogP contribution is 2.31. The van der Waals surface area contributed by atoms with Gasteiger partial charge < -0.3 is 19.6 Å². The molecule has 2 heterocycles. The Morgan fingerprint density at radius 3 is 3.06 bits per heavy atom. The molecule has 1 saturated heterocycles. The van der Waals surface area contributed by atoms with E-state index in [1.807, 2.05) is 0 Å². The Kier molecular flexibility index (Phi) is 3.37. The predicted molar refractivity (Wildman–Crippen MR) is 56.2 cm³/mol. The standard InChI is InChI=1S/C9H14N4O3/c1-14-7-8(13-10)11-5-12-9(7)16-6-2-3-15-4-6/h5-6H,2-4,10H2,1H3,(H,11,12,13). The minimum absolute atomic E-state index is 0.00873. The maximum absolute atomic E-state index is 5.64. The monoisotopic (exact) mass is 226 g/mol. The molecule has 0 bridgehead atoms. The Hall–Kier alpha value is -1.60. The van der Waals surface area contributed by atoms with Gasteiger partial charge in [0.1, 0.15) is 12.4 Å². The summed E-state index contributed by atoms with van der Waals surface area (Å²) in [6.07, 6.45) is 2.22. The molecule has 0 aliphatic carbocycles. The third-order valence-corrected chi connectivity index (χ3v) is 2.28. The summed E-state index contributed by atoms with van der Waals surface area (Å²) in [6, 6.07) is 0. The molecule has 1 aliphatic heterocycles. The number of hydrogen-bond acceptors (Lipinski definition) is 7. The first-order chi connectivity index (χ1) is 7.85. The van der Waals surface area contributed by atoms with Crippen LogP contribution in [0, 0.1) is 0 Å². The summed E-state index contributed by atoms with van der Waals surface area (Å²) in [5.41, 5.74) is 2.42. The Bertz CT molecular complexity index is 355. The van der Waals surface area contributed by atoms with E-state index in [2.05, 4.69) is 15.4 Å². The van der Waals surface area contributed by atoms with Crippen molar-refractivity contribution in [2.24, 2.45) is 5.84 Å². The molecule has 2 rings (SSSR count). The van der Waals surface area contributed by atoms with Crippen LogP contribution in [0.4, 0.5) is 5.82 Å². The fraction of sp³-hybridized carbons (Fsp3) is 0.556. The van der Waals surface area contributed by atoms with Crippen molar-refractivity contribution in [2.75, 3.05) is 25.7 Å². The highest BCUT2D eigenvalue weighted by molar-refractivity contribution is 5.54. The van der Waals surface area contributed by atoms with Crippen LogP contribution in [-0.4, -0.2) is 36.4 Å². The minimum atomic E-state index is 0.00873. The molecule has 7 heteroatoms. The molecule has 1 atom stereocenters. The summed E-state index contributed by atoms with van der Waals surface area (Å²) >= 11 is 0. The van der Waals surface area contributed by atoms with E-state index in [0.29, 0.717) is 30.7 Å².